The number of rotatable bonds is 6. The van der Waals surface area contributed by atoms with Gasteiger partial charge in [0, 0.05) is 6.04 Å². The lowest BCUT2D eigenvalue weighted by molar-refractivity contribution is 0.163. The van der Waals surface area contributed by atoms with Crippen molar-refractivity contribution in [1.82, 2.24) is 10.2 Å². The summed E-state index contributed by atoms with van der Waals surface area (Å²) in [6, 6.07) is 0.701. The van der Waals surface area contributed by atoms with E-state index in [1.54, 1.807) is 0 Å². The zero-order chi connectivity index (χ0) is 10.4. The van der Waals surface area contributed by atoms with Crippen molar-refractivity contribution in [1.29, 1.82) is 0 Å². The normalized spacial score (nSPS) is 16.6. The molecule has 0 fully saturated rings. The molecule has 2 atom stereocenters. The third kappa shape index (κ3) is 4.10. The molecular weight excluding hydrogens is 160 g/mol. The molecule has 0 saturated heterocycles. The predicted molar refractivity (Wildman–Crippen MR) is 60.0 cm³/mol. The topological polar surface area (TPSA) is 15.3 Å². The van der Waals surface area contributed by atoms with Gasteiger partial charge in [0.2, 0.25) is 0 Å². The summed E-state index contributed by atoms with van der Waals surface area (Å²) < 4.78 is 0. The fraction of sp³-hybridized carbons (Fsp3) is 1.00. The molecular formula is C11H26N2. The largest absolute Gasteiger partial charge is 0.319 e. The zero-order valence-electron chi connectivity index (χ0n) is 10.1. The molecule has 2 unspecified atom stereocenters. The van der Waals surface area contributed by atoms with Crippen LogP contribution in [0.15, 0.2) is 0 Å². The van der Waals surface area contributed by atoms with Crippen LogP contribution in [0.25, 0.3) is 0 Å². The summed E-state index contributed by atoms with van der Waals surface area (Å²) >= 11 is 0. The minimum Gasteiger partial charge on any atom is -0.319 e. The SMILES string of the molecule is CCC(C(CNC)C(C)C)N(C)C. The van der Waals surface area contributed by atoms with Crippen molar-refractivity contribution < 1.29 is 0 Å². The van der Waals surface area contributed by atoms with E-state index < -0.39 is 0 Å². The first-order valence-electron chi connectivity index (χ1n) is 5.35. The van der Waals surface area contributed by atoms with E-state index in [4.69, 9.17) is 0 Å². The van der Waals surface area contributed by atoms with Gasteiger partial charge < -0.3 is 10.2 Å². The number of nitrogens with zero attached hydrogens (tertiary/aromatic N) is 1. The molecule has 1 N–H and O–H groups in total. The Morgan fingerprint density at radius 2 is 1.77 bits per heavy atom. The quantitative estimate of drug-likeness (QED) is 0.680. The van der Waals surface area contributed by atoms with Crippen molar-refractivity contribution in [3.8, 4) is 0 Å². The fourth-order valence-corrected chi connectivity index (χ4v) is 2.10. The number of hydrogen-bond donors (Lipinski definition) is 1. The van der Waals surface area contributed by atoms with Crippen molar-refractivity contribution >= 4 is 0 Å². The van der Waals surface area contributed by atoms with Crippen LogP contribution in [-0.2, 0) is 0 Å². The molecule has 0 rings (SSSR count). The Labute approximate surface area is 83.7 Å². The van der Waals surface area contributed by atoms with Gasteiger partial charge in [-0.2, -0.15) is 0 Å². The van der Waals surface area contributed by atoms with Crippen molar-refractivity contribution in [3.63, 3.8) is 0 Å². The van der Waals surface area contributed by atoms with Gasteiger partial charge >= 0.3 is 0 Å². The van der Waals surface area contributed by atoms with Gasteiger partial charge in [0.25, 0.3) is 0 Å². The van der Waals surface area contributed by atoms with Gasteiger partial charge in [-0.05, 0) is 45.9 Å². The maximum absolute atomic E-state index is 3.29. The molecule has 0 bridgehead atoms. The Morgan fingerprint density at radius 1 is 1.23 bits per heavy atom. The van der Waals surface area contributed by atoms with E-state index >= 15 is 0 Å². The van der Waals surface area contributed by atoms with Crippen LogP contribution in [0.2, 0.25) is 0 Å². The van der Waals surface area contributed by atoms with Gasteiger partial charge in [-0.15, -0.1) is 0 Å². The van der Waals surface area contributed by atoms with Crippen LogP contribution in [0.1, 0.15) is 27.2 Å². The average Bonchev–Trinajstić information content (AvgIpc) is 2.03. The van der Waals surface area contributed by atoms with Gasteiger partial charge in [-0.25, -0.2) is 0 Å². The number of nitrogens with one attached hydrogen (secondary N) is 1. The standard InChI is InChI=1S/C11H26N2/c1-7-11(13(5)6)10(8-12-4)9(2)3/h9-12H,7-8H2,1-6H3. The maximum Gasteiger partial charge on any atom is 0.0129 e. The Bertz CT molecular complexity index is 121. The highest BCUT2D eigenvalue weighted by atomic mass is 15.1. The maximum atomic E-state index is 3.29. The van der Waals surface area contributed by atoms with E-state index in [0.717, 1.165) is 18.4 Å². The first kappa shape index (κ1) is 12.9. The predicted octanol–water partition coefficient (Wildman–Crippen LogP) is 1.82. The van der Waals surface area contributed by atoms with E-state index in [2.05, 4.69) is 45.1 Å². The first-order valence-corrected chi connectivity index (χ1v) is 5.35. The molecule has 0 aromatic rings. The molecule has 2 heteroatoms. The minimum atomic E-state index is 0.701. The third-order valence-electron chi connectivity index (χ3n) is 2.87. The summed E-state index contributed by atoms with van der Waals surface area (Å²) in [6.07, 6.45) is 1.23. The summed E-state index contributed by atoms with van der Waals surface area (Å²) in [5.41, 5.74) is 0. The van der Waals surface area contributed by atoms with Gasteiger partial charge in [0.1, 0.15) is 0 Å². The Morgan fingerprint density at radius 3 is 2.00 bits per heavy atom. The molecule has 80 valence electrons. The lowest BCUT2D eigenvalue weighted by Gasteiger charge is -2.34. The van der Waals surface area contributed by atoms with Gasteiger partial charge in [0.15, 0.2) is 0 Å². The Kier molecular flexibility index (Phi) is 6.35. The Balaban J connectivity index is 4.29. The van der Waals surface area contributed by atoms with E-state index in [0.29, 0.717) is 6.04 Å². The molecule has 0 heterocycles. The molecule has 0 aliphatic heterocycles. The van der Waals surface area contributed by atoms with Gasteiger partial charge in [0.05, 0.1) is 0 Å². The lowest BCUT2D eigenvalue weighted by Crippen LogP contribution is -2.41. The fourth-order valence-electron chi connectivity index (χ4n) is 2.10. The molecule has 0 aromatic heterocycles. The van der Waals surface area contributed by atoms with Crippen molar-refractivity contribution in [2.75, 3.05) is 27.7 Å². The number of hydrogen-bond acceptors (Lipinski definition) is 2. The van der Waals surface area contributed by atoms with E-state index in [1.807, 2.05) is 7.05 Å². The highest BCUT2D eigenvalue weighted by Gasteiger charge is 2.23. The van der Waals surface area contributed by atoms with E-state index in [1.165, 1.54) is 6.42 Å². The molecule has 0 aromatic carbocycles. The zero-order valence-corrected chi connectivity index (χ0v) is 10.1. The highest BCUT2D eigenvalue weighted by molar-refractivity contribution is 4.78. The summed E-state index contributed by atoms with van der Waals surface area (Å²) in [6.45, 7) is 8.02. The van der Waals surface area contributed by atoms with Crippen LogP contribution < -0.4 is 5.32 Å². The van der Waals surface area contributed by atoms with Crippen LogP contribution >= 0.6 is 0 Å². The second-order valence-electron chi connectivity index (χ2n) is 4.40. The first-order chi connectivity index (χ1) is 6.04. The summed E-state index contributed by atoms with van der Waals surface area (Å²) in [4.78, 5) is 2.35. The average molecular weight is 186 g/mol. The van der Waals surface area contributed by atoms with Crippen LogP contribution in [0.3, 0.4) is 0 Å². The van der Waals surface area contributed by atoms with E-state index in [-0.39, 0.29) is 0 Å². The van der Waals surface area contributed by atoms with Crippen LogP contribution in [-0.4, -0.2) is 38.6 Å². The van der Waals surface area contributed by atoms with Crippen molar-refractivity contribution in [3.05, 3.63) is 0 Å². The second-order valence-corrected chi connectivity index (χ2v) is 4.40. The van der Waals surface area contributed by atoms with Gasteiger partial charge in [-0.3, -0.25) is 0 Å². The monoisotopic (exact) mass is 186 g/mol. The van der Waals surface area contributed by atoms with Crippen LogP contribution in [0.4, 0.5) is 0 Å². The lowest BCUT2D eigenvalue weighted by atomic mass is 9.86. The second kappa shape index (κ2) is 6.39. The smallest absolute Gasteiger partial charge is 0.0129 e. The highest BCUT2D eigenvalue weighted by Crippen LogP contribution is 2.20. The summed E-state index contributed by atoms with van der Waals surface area (Å²) in [5, 5.41) is 3.29. The van der Waals surface area contributed by atoms with Crippen molar-refractivity contribution in [2.24, 2.45) is 11.8 Å². The van der Waals surface area contributed by atoms with Gasteiger partial charge in [-0.1, -0.05) is 20.8 Å². The van der Waals surface area contributed by atoms with Crippen LogP contribution in [0, 0.1) is 11.8 Å². The van der Waals surface area contributed by atoms with Crippen LogP contribution in [0.5, 0.6) is 0 Å². The molecule has 2 nitrogen and oxygen atoms in total. The van der Waals surface area contributed by atoms with Crippen molar-refractivity contribution in [2.45, 2.75) is 33.2 Å². The molecule has 0 saturated carbocycles. The molecule has 0 radical (unpaired) electrons. The molecule has 0 aliphatic rings. The molecule has 13 heavy (non-hydrogen) atoms. The molecule has 0 aliphatic carbocycles. The third-order valence-corrected chi connectivity index (χ3v) is 2.87. The molecule has 0 amide bonds. The molecule has 0 spiro atoms. The van der Waals surface area contributed by atoms with E-state index in [9.17, 15) is 0 Å². The minimum absolute atomic E-state index is 0.701. The summed E-state index contributed by atoms with van der Waals surface area (Å²) in [5.74, 6) is 1.50. The Hall–Kier alpha value is -0.0800. The summed E-state index contributed by atoms with van der Waals surface area (Å²) in [7, 11) is 6.40.